The van der Waals surface area contributed by atoms with E-state index < -0.39 is 62.0 Å². The zero-order chi connectivity index (χ0) is 49.1. The number of imide groups is 1. The Morgan fingerprint density at radius 2 is 1.60 bits per heavy atom. The number of benzene rings is 1. The highest BCUT2D eigenvalue weighted by Gasteiger charge is 2.52. The Kier molecular flexibility index (Phi) is 19.6. The maximum absolute atomic E-state index is 14.7. The molecule has 67 heavy (non-hydrogen) atoms. The van der Waals surface area contributed by atoms with Crippen LogP contribution in [0.4, 0.5) is 0 Å². The highest BCUT2D eigenvalue weighted by Crippen LogP contribution is 2.43. The number of hydrogen-bond donors (Lipinski definition) is 3. The van der Waals surface area contributed by atoms with Crippen molar-refractivity contribution in [3.8, 4) is 0 Å². The van der Waals surface area contributed by atoms with Gasteiger partial charge in [-0.1, -0.05) is 77.8 Å². The van der Waals surface area contributed by atoms with E-state index in [1.165, 1.54) is 31.3 Å². The van der Waals surface area contributed by atoms with E-state index in [4.69, 9.17) is 9.47 Å². The van der Waals surface area contributed by atoms with Crippen LogP contribution < -0.4 is 10.6 Å². The van der Waals surface area contributed by atoms with Crippen molar-refractivity contribution < 1.29 is 52.5 Å². The highest BCUT2D eigenvalue weighted by atomic mass is 31.1. The summed E-state index contributed by atoms with van der Waals surface area (Å²) < 4.78 is 24.3. The number of hydrogen-bond acceptors (Lipinski definition) is 10. The number of amides is 7. The van der Waals surface area contributed by atoms with E-state index in [1.54, 1.807) is 28.7 Å². The first kappa shape index (κ1) is 53.4. The fourth-order valence-corrected chi connectivity index (χ4v) is 11.4. The number of ether oxygens (including phenoxy) is 2. The number of carbonyl (C=O) groups excluding carboxylic acids is 7. The minimum Gasteiger partial charge on any atom is -0.379 e. The van der Waals surface area contributed by atoms with Crippen LogP contribution in [0, 0.1) is 23.7 Å². The minimum atomic E-state index is -2.74. The molecule has 2 saturated heterocycles. The molecule has 4 aliphatic rings. The molecule has 0 radical (unpaired) electrons. The standard InChI is InChI=1S/C49H73N6O11P/c1-9-31(4)44(37(65-7)29-42(59)53-26-16-19-36(53)46(66-8)32(5)47(60)50-38(67(63)64)27-33-17-12-10-13-18-33)52(6)49(62)43(30(2)3)51-48(61)45-34-21-22-35(28-34)55(45)41(58)20-14-11-15-25-54-39(56)23-24-40(54)57/h10,12-13,17-18,23-24,30-32,34-38,43-46H,9,11,14-16,19-22,25-29H2,1-8H3,(H2-,50,51,60,61,63,64)/p+1/t31-,32+,34-,35+,36-,37+,38+,43-,44-,45-,46+/m0/s1. The number of nitrogens with zero attached hydrogens (tertiary/aromatic N) is 4. The fourth-order valence-electron chi connectivity index (χ4n) is 10.8. The van der Waals surface area contributed by atoms with Crippen LogP contribution in [0.3, 0.4) is 0 Å². The van der Waals surface area contributed by atoms with Gasteiger partial charge < -0.3 is 34.8 Å². The van der Waals surface area contributed by atoms with Gasteiger partial charge >= 0.3 is 8.03 Å². The lowest BCUT2D eigenvalue weighted by atomic mass is 9.89. The molecular weight excluding hydrogens is 880 g/mol. The first-order valence-electron chi connectivity index (χ1n) is 24.2. The molecule has 3 fully saturated rings. The second-order valence-electron chi connectivity index (χ2n) is 19.3. The molecule has 1 aliphatic carbocycles. The number of rotatable bonds is 25. The van der Waals surface area contributed by atoms with Gasteiger partial charge in [0.1, 0.15) is 12.1 Å². The van der Waals surface area contributed by atoms with Crippen LogP contribution >= 0.6 is 8.03 Å². The monoisotopic (exact) mass is 954 g/mol. The Hall–Kier alpha value is -4.57. The van der Waals surface area contributed by atoms with Gasteiger partial charge in [0.2, 0.25) is 29.5 Å². The van der Waals surface area contributed by atoms with Gasteiger partial charge in [0.05, 0.1) is 36.6 Å². The molecule has 1 saturated carbocycles. The molecule has 12 atom stereocenters. The first-order valence-corrected chi connectivity index (χ1v) is 25.5. The van der Waals surface area contributed by atoms with Crippen LogP contribution in [-0.4, -0.2) is 148 Å². The molecule has 1 aromatic rings. The largest absolute Gasteiger partial charge is 0.531 e. The molecule has 3 N–H and O–H groups in total. The summed E-state index contributed by atoms with van der Waals surface area (Å²) in [6.45, 7) is 10.1. The van der Waals surface area contributed by atoms with E-state index in [0.717, 1.165) is 24.8 Å². The number of piperidine rings is 1. The van der Waals surface area contributed by atoms with Gasteiger partial charge in [-0.3, -0.25) is 38.5 Å². The molecule has 0 aromatic heterocycles. The Balaban J connectivity index is 1.22. The van der Waals surface area contributed by atoms with Gasteiger partial charge in [-0.25, -0.2) is 0 Å². The second kappa shape index (κ2) is 24.6. The lowest BCUT2D eigenvalue weighted by Gasteiger charge is -2.41. The molecule has 5 rings (SSSR count). The quantitative estimate of drug-likeness (QED) is 0.0713. The molecular formula is C49H74N6O11P+. The van der Waals surface area contributed by atoms with Crippen LogP contribution in [0.1, 0.15) is 111 Å². The van der Waals surface area contributed by atoms with Crippen molar-refractivity contribution in [2.24, 2.45) is 23.7 Å². The number of unbranched alkanes of at least 4 members (excludes halogenated alkanes) is 2. The average molecular weight is 954 g/mol. The van der Waals surface area contributed by atoms with Gasteiger partial charge in [0.15, 0.2) is 0 Å². The van der Waals surface area contributed by atoms with Crippen molar-refractivity contribution in [2.75, 3.05) is 34.4 Å². The van der Waals surface area contributed by atoms with Crippen molar-refractivity contribution in [1.29, 1.82) is 0 Å². The normalized spacial score (nSPS) is 23.5. The summed E-state index contributed by atoms with van der Waals surface area (Å²) in [6, 6.07) is 6.46. The maximum atomic E-state index is 14.7. The van der Waals surface area contributed by atoms with Crippen molar-refractivity contribution >= 4 is 49.4 Å². The summed E-state index contributed by atoms with van der Waals surface area (Å²) in [4.78, 5) is 111. The summed E-state index contributed by atoms with van der Waals surface area (Å²) in [7, 11) is 1.95. The van der Waals surface area contributed by atoms with E-state index in [9.17, 15) is 43.0 Å². The van der Waals surface area contributed by atoms with Crippen LogP contribution in [0.2, 0.25) is 0 Å². The second-order valence-corrected chi connectivity index (χ2v) is 20.5. The summed E-state index contributed by atoms with van der Waals surface area (Å²) in [5.41, 5.74) is 0.804. The molecule has 3 heterocycles. The van der Waals surface area contributed by atoms with Gasteiger partial charge in [-0.05, 0) is 72.8 Å². The molecule has 7 amide bonds. The smallest absolute Gasteiger partial charge is 0.379 e. The van der Waals surface area contributed by atoms with Gasteiger partial charge in [0, 0.05) is 65.4 Å². The third-order valence-corrected chi connectivity index (χ3v) is 15.5. The van der Waals surface area contributed by atoms with E-state index in [1.807, 2.05) is 58.0 Å². The zero-order valence-corrected chi connectivity index (χ0v) is 41.5. The topological polar surface area (TPSA) is 212 Å². The van der Waals surface area contributed by atoms with E-state index in [0.29, 0.717) is 51.6 Å². The lowest BCUT2D eigenvalue weighted by molar-refractivity contribution is -0.149. The number of likely N-dealkylation sites (tertiary alicyclic amines) is 2. The number of carbonyl (C=O) groups is 7. The third kappa shape index (κ3) is 13.0. The number of nitrogens with one attached hydrogen (secondary N) is 2. The van der Waals surface area contributed by atoms with Crippen molar-refractivity contribution in [3.63, 3.8) is 0 Å². The zero-order valence-electron chi connectivity index (χ0n) is 40.6. The summed E-state index contributed by atoms with van der Waals surface area (Å²) in [5.74, 6) is -4.35. The minimum absolute atomic E-state index is 0.0152. The lowest BCUT2D eigenvalue weighted by Crippen LogP contribution is -2.60. The predicted octanol–water partition coefficient (Wildman–Crippen LogP) is 4.33. The molecule has 370 valence electrons. The van der Waals surface area contributed by atoms with Crippen molar-refractivity contribution in [3.05, 3.63) is 48.0 Å². The summed E-state index contributed by atoms with van der Waals surface area (Å²) in [5, 5.41) is 5.81. The molecule has 0 spiro atoms. The number of likely N-dealkylation sites (N-methyl/N-ethyl adjacent to an activating group) is 1. The van der Waals surface area contributed by atoms with Crippen LogP contribution in [0.25, 0.3) is 0 Å². The highest BCUT2D eigenvalue weighted by molar-refractivity contribution is 7.38. The fraction of sp³-hybridized carbons (Fsp3) is 0.694. The molecule has 1 aromatic carbocycles. The van der Waals surface area contributed by atoms with Crippen LogP contribution in [-0.2, 0) is 54.0 Å². The molecule has 17 nitrogen and oxygen atoms in total. The molecule has 1 unspecified atom stereocenters. The van der Waals surface area contributed by atoms with E-state index >= 15 is 0 Å². The predicted molar refractivity (Wildman–Crippen MR) is 251 cm³/mol. The van der Waals surface area contributed by atoms with Crippen molar-refractivity contribution in [1.82, 2.24) is 30.2 Å². The van der Waals surface area contributed by atoms with Gasteiger partial charge in [-0.2, -0.15) is 4.89 Å². The Bertz CT molecular complexity index is 1950. The first-order chi connectivity index (χ1) is 31.9. The molecule has 18 heteroatoms. The SMILES string of the molecule is CC[C@H](C)[C@@H]([C@@H](CC(=O)N1CCC[C@H]1[C@H](OC)[C@@H](C)C(=O)N[C@@H](Cc1ccccc1)[P+](=O)O)OC)N(C)C(=O)[C@@H](NC(=O)[C@@H]1[C@H]2CC[C@H](C2)N1C(=O)CCCCCN1C(=O)C=CC1=O)C(C)C. The molecule has 2 bridgehead atoms. The summed E-state index contributed by atoms with van der Waals surface area (Å²) >= 11 is 0. The summed E-state index contributed by atoms with van der Waals surface area (Å²) in [6.07, 6.45) is 7.47. The van der Waals surface area contributed by atoms with E-state index in [2.05, 4.69) is 10.6 Å². The Labute approximate surface area is 396 Å². The van der Waals surface area contributed by atoms with Crippen LogP contribution in [0.15, 0.2) is 42.5 Å². The average Bonchev–Trinajstić information content (AvgIpc) is 4.13. The molecule has 3 aliphatic heterocycles. The van der Waals surface area contributed by atoms with Crippen molar-refractivity contribution in [2.45, 2.75) is 160 Å². The maximum Gasteiger partial charge on any atom is 0.531 e. The van der Waals surface area contributed by atoms with E-state index in [-0.39, 0.29) is 78.5 Å². The van der Waals surface area contributed by atoms with Crippen LogP contribution in [0.5, 0.6) is 0 Å². The van der Waals surface area contributed by atoms with Gasteiger partial charge in [0.25, 0.3) is 17.6 Å². The van der Waals surface area contributed by atoms with Gasteiger partial charge in [-0.15, -0.1) is 0 Å². The Morgan fingerprint density at radius 1 is 0.910 bits per heavy atom. The Morgan fingerprint density at radius 3 is 2.21 bits per heavy atom. The third-order valence-electron chi connectivity index (χ3n) is 14.7. The number of fused-ring (bicyclic) bond motifs is 2. The number of methoxy groups -OCH3 is 2.